The molecular weight excluding hydrogens is 478 g/mol. The molecule has 1 aromatic carbocycles. The van der Waals surface area contributed by atoms with Crippen molar-refractivity contribution in [2.75, 3.05) is 20.8 Å². The van der Waals surface area contributed by atoms with Crippen molar-refractivity contribution in [1.82, 2.24) is 15.0 Å². The van der Waals surface area contributed by atoms with Crippen molar-refractivity contribution < 1.29 is 33.4 Å². The Morgan fingerprint density at radius 1 is 1.14 bits per heavy atom. The summed E-state index contributed by atoms with van der Waals surface area (Å²) in [5.74, 6) is 0.442. The molecule has 3 heterocycles. The van der Waals surface area contributed by atoms with Gasteiger partial charge in [-0.3, -0.25) is 4.90 Å². The third-order valence-electron chi connectivity index (χ3n) is 5.31. The molecule has 1 N–H and O–H groups in total. The quantitative estimate of drug-likeness (QED) is 0.465. The van der Waals surface area contributed by atoms with Crippen LogP contribution in [0.2, 0.25) is 0 Å². The number of pyridine rings is 1. The summed E-state index contributed by atoms with van der Waals surface area (Å²) < 4.78 is 21.0. The number of likely N-dealkylation sites (tertiary alicyclic amines) is 1. The van der Waals surface area contributed by atoms with Crippen molar-refractivity contribution >= 4 is 23.2 Å². The number of methoxy groups -OCH3 is 2. The minimum Gasteiger partial charge on any atom is -0.497 e. The van der Waals surface area contributed by atoms with Crippen molar-refractivity contribution in [3.05, 3.63) is 36.0 Å². The summed E-state index contributed by atoms with van der Waals surface area (Å²) in [5, 5.41) is 12.8. The first-order chi connectivity index (χ1) is 17.5. The van der Waals surface area contributed by atoms with Gasteiger partial charge in [0.1, 0.15) is 28.6 Å². The molecule has 1 atom stereocenters. The second-order valence-corrected chi connectivity index (χ2v) is 9.06. The normalized spacial score (nSPS) is 14.7. The number of aromatic nitrogens is 2. The fraction of sp³-hybridized carbons (Fsp3) is 0.481. The Balaban J connectivity index is 0.000000254. The van der Waals surface area contributed by atoms with Crippen LogP contribution >= 0.6 is 0 Å². The molecule has 1 aliphatic heterocycles. The van der Waals surface area contributed by atoms with E-state index in [-0.39, 0.29) is 0 Å². The van der Waals surface area contributed by atoms with Crippen molar-refractivity contribution in [2.24, 2.45) is 0 Å². The zero-order valence-corrected chi connectivity index (χ0v) is 22.8. The number of aliphatic carboxylic acids is 1. The minimum atomic E-state index is -0.960. The largest absolute Gasteiger partial charge is 0.497 e. The fourth-order valence-corrected chi connectivity index (χ4v) is 3.65. The molecule has 1 aliphatic rings. The van der Waals surface area contributed by atoms with Crippen LogP contribution in [0.3, 0.4) is 0 Å². The molecule has 10 heteroatoms. The van der Waals surface area contributed by atoms with Crippen LogP contribution in [0.1, 0.15) is 53.2 Å². The maximum absolute atomic E-state index is 11.6. The molecule has 1 unspecified atom stereocenters. The smallest absolute Gasteiger partial charge is 0.411 e. The van der Waals surface area contributed by atoms with Gasteiger partial charge >= 0.3 is 12.1 Å². The first-order valence-corrected chi connectivity index (χ1v) is 12.2. The molecule has 0 spiro atoms. The summed E-state index contributed by atoms with van der Waals surface area (Å²) in [7, 11) is 3.24. The standard InChI is InChI=1S/C15H14N2O3.C10H17NO4.C2H6/c1-9-14-15(20-17-9)13(19-3)8-12(16-14)10-5-4-6-11(7-10)18-2;1-10(2,3)15-9(14)11-6-4-5-7(11)8(12)13;1-2/h4-8H,1-3H3;7H,4-6H2,1-3H3,(H,12,13);1-2H3. The van der Waals surface area contributed by atoms with Crippen LogP contribution in [0.25, 0.3) is 22.4 Å². The first kappa shape index (κ1) is 29.4. The zero-order chi connectivity index (χ0) is 27.8. The Hall–Kier alpha value is -3.82. The van der Waals surface area contributed by atoms with Gasteiger partial charge < -0.3 is 23.8 Å². The van der Waals surface area contributed by atoms with Gasteiger partial charge in [-0.2, -0.15) is 0 Å². The summed E-state index contributed by atoms with van der Waals surface area (Å²) in [4.78, 5) is 28.3. The Morgan fingerprint density at radius 2 is 1.84 bits per heavy atom. The molecule has 37 heavy (non-hydrogen) atoms. The van der Waals surface area contributed by atoms with Gasteiger partial charge in [0, 0.05) is 18.2 Å². The van der Waals surface area contributed by atoms with E-state index in [1.165, 1.54) is 4.90 Å². The second kappa shape index (κ2) is 12.9. The average Bonchev–Trinajstić information content (AvgIpc) is 3.52. The number of hydrogen-bond donors (Lipinski definition) is 1. The average molecular weight is 516 g/mol. The van der Waals surface area contributed by atoms with E-state index in [4.69, 9.17) is 23.8 Å². The second-order valence-electron chi connectivity index (χ2n) is 9.06. The topological polar surface area (TPSA) is 124 Å². The van der Waals surface area contributed by atoms with Gasteiger partial charge in [-0.15, -0.1) is 0 Å². The summed E-state index contributed by atoms with van der Waals surface area (Å²) in [6.45, 7) is 11.6. The van der Waals surface area contributed by atoms with Crippen molar-refractivity contribution in [2.45, 2.75) is 66.0 Å². The van der Waals surface area contributed by atoms with Gasteiger partial charge in [0.2, 0.25) is 5.58 Å². The lowest BCUT2D eigenvalue weighted by atomic mass is 10.1. The molecule has 1 saturated heterocycles. The van der Waals surface area contributed by atoms with Gasteiger partial charge in [-0.25, -0.2) is 14.6 Å². The molecule has 1 fully saturated rings. The van der Waals surface area contributed by atoms with Crippen molar-refractivity contribution in [3.8, 4) is 22.8 Å². The number of ether oxygens (including phenoxy) is 3. The number of aryl methyl sites for hydroxylation is 1. The van der Waals surface area contributed by atoms with Crippen LogP contribution in [0, 0.1) is 6.92 Å². The van der Waals surface area contributed by atoms with Gasteiger partial charge in [0.05, 0.1) is 19.9 Å². The number of nitrogens with zero attached hydrogens (tertiary/aromatic N) is 3. The molecule has 3 aromatic rings. The Bertz CT molecular complexity index is 1200. The molecule has 2 aromatic heterocycles. The Labute approximate surface area is 217 Å². The summed E-state index contributed by atoms with van der Waals surface area (Å²) in [6.07, 6.45) is 0.692. The lowest BCUT2D eigenvalue weighted by molar-refractivity contribution is -0.142. The van der Waals surface area contributed by atoms with Crippen molar-refractivity contribution in [1.29, 1.82) is 0 Å². The van der Waals surface area contributed by atoms with E-state index in [2.05, 4.69) is 10.1 Å². The number of hydrogen-bond acceptors (Lipinski definition) is 8. The van der Waals surface area contributed by atoms with E-state index >= 15 is 0 Å². The highest BCUT2D eigenvalue weighted by Gasteiger charge is 2.36. The van der Waals surface area contributed by atoms with Crippen LogP contribution in [-0.2, 0) is 9.53 Å². The van der Waals surface area contributed by atoms with E-state index < -0.39 is 23.7 Å². The molecule has 0 aliphatic carbocycles. The lowest BCUT2D eigenvalue weighted by Crippen LogP contribution is -2.43. The van der Waals surface area contributed by atoms with E-state index in [1.807, 2.05) is 51.1 Å². The molecule has 0 bridgehead atoms. The van der Waals surface area contributed by atoms with E-state index in [9.17, 15) is 9.59 Å². The maximum atomic E-state index is 11.6. The van der Waals surface area contributed by atoms with Gasteiger partial charge in [-0.1, -0.05) is 31.1 Å². The molecule has 202 valence electrons. The predicted octanol–water partition coefficient (Wildman–Crippen LogP) is 5.71. The molecule has 0 radical (unpaired) electrons. The predicted molar refractivity (Wildman–Crippen MR) is 140 cm³/mol. The summed E-state index contributed by atoms with van der Waals surface area (Å²) in [6, 6.07) is 8.83. The number of fused-ring (bicyclic) bond motifs is 1. The van der Waals surface area contributed by atoms with Gasteiger partial charge in [-0.05, 0) is 52.7 Å². The number of benzene rings is 1. The SMILES string of the molecule is CC.CC(C)(C)OC(=O)N1CCCC1C(=O)O.COc1cccc(-c2cc(OC)c3onc(C)c3n2)c1. The third-order valence-corrected chi connectivity index (χ3v) is 5.31. The lowest BCUT2D eigenvalue weighted by Gasteiger charge is -2.26. The van der Waals surface area contributed by atoms with E-state index in [1.54, 1.807) is 35.0 Å². The summed E-state index contributed by atoms with van der Waals surface area (Å²) >= 11 is 0. The Morgan fingerprint density at radius 3 is 2.43 bits per heavy atom. The minimum absolute atomic E-state index is 0.464. The number of carboxylic acid groups (broad SMARTS) is 1. The van der Waals surface area contributed by atoms with Gasteiger partial charge in [0.25, 0.3) is 0 Å². The molecule has 0 saturated carbocycles. The van der Waals surface area contributed by atoms with Gasteiger partial charge in [0.15, 0.2) is 5.75 Å². The molecular formula is C27H37N3O7. The highest BCUT2D eigenvalue weighted by Crippen LogP contribution is 2.32. The fourth-order valence-electron chi connectivity index (χ4n) is 3.65. The number of rotatable bonds is 4. The van der Waals surface area contributed by atoms with E-state index in [0.29, 0.717) is 29.8 Å². The zero-order valence-electron chi connectivity index (χ0n) is 22.8. The van der Waals surface area contributed by atoms with E-state index in [0.717, 1.165) is 29.1 Å². The molecule has 4 rings (SSSR count). The third kappa shape index (κ3) is 7.58. The first-order valence-electron chi connectivity index (χ1n) is 12.2. The van der Waals surface area contributed by atoms with Crippen LogP contribution in [0.15, 0.2) is 34.9 Å². The molecule has 1 amide bonds. The maximum Gasteiger partial charge on any atom is 0.411 e. The highest BCUT2D eigenvalue weighted by molar-refractivity contribution is 5.84. The number of carbonyl (C=O) groups excluding carboxylic acids is 1. The van der Waals surface area contributed by atoms with Crippen LogP contribution in [0.4, 0.5) is 4.79 Å². The monoisotopic (exact) mass is 515 g/mol. The van der Waals surface area contributed by atoms with Crippen LogP contribution in [-0.4, -0.2) is 64.6 Å². The number of amides is 1. The van der Waals surface area contributed by atoms with Crippen molar-refractivity contribution in [3.63, 3.8) is 0 Å². The summed E-state index contributed by atoms with van der Waals surface area (Å²) in [5.41, 5.74) is 3.18. The Kier molecular flexibility index (Phi) is 10.3. The molecule has 10 nitrogen and oxygen atoms in total. The highest BCUT2D eigenvalue weighted by atomic mass is 16.6. The number of carbonyl (C=O) groups is 2. The van der Waals surface area contributed by atoms with Crippen LogP contribution in [0.5, 0.6) is 11.5 Å². The number of carboxylic acids is 1. The van der Waals surface area contributed by atoms with Crippen LogP contribution < -0.4 is 9.47 Å².